The lowest BCUT2D eigenvalue weighted by atomic mass is 10.2. The first-order valence-electron chi connectivity index (χ1n) is 6.21. The van der Waals surface area contributed by atoms with Crippen molar-refractivity contribution in [2.45, 2.75) is 33.9 Å². The summed E-state index contributed by atoms with van der Waals surface area (Å²) in [5, 5.41) is 4.21. The molecule has 0 fully saturated rings. The van der Waals surface area contributed by atoms with Crippen LogP contribution >= 0.6 is 0 Å². The summed E-state index contributed by atoms with van der Waals surface area (Å²) in [7, 11) is 0. The van der Waals surface area contributed by atoms with Crippen molar-refractivity contribution in [2.75, 3.05) is 0 Å². The van der Waals surface area contributed by atoms with Gasteiger partial charge in [-0.15, -0.1) is 0 Å². The summed E-state index contributed by atoms with van der Waals surface area (Å²) in [5.41, 5.74) is 1.23. The molecule has 0 aliphatic heterocycles. The molecule has 0 atom stereocenters. The molecule has 0 saturated carbocycles. The van der Waals surface area contributed by atoms with E-state index in [0.717, 1.165) is 18.1 Å². The Hall–Kier alpha value is -1.84. The van der Waals surface area contributed by atoms with Crippen molar-refractivity contribution in [2.24, 2.45) is 5.92 Å². The van der Waals surface area contributed by atoms with Gasteiger partial charge in [-0.05, 0) is 25.0 Å². The molecular formula is C14H19N3O. The Bertz CT molecular complexity index is 488. The highest BCUT2D eigenvalue weighted by atomic mass is 16.5. The molecule has 0 unspecified atom stereocenters. The number of aryl methyl sites for hydroxylation is 1. The summed E-state index contributed by atoms with van der Waals surface area (Å²) in [6, 6.07) is 8.01. The standard InChI is InChI=1S/C14H19N3O/c1-11(2)8-17-14(15-10-16-17)9-18-13-6-4-12(3)5-7-13/h4-7,10-11H,8-9H2,1-3H3. The SMILES string of the molecule is Cc1ccc(OCc2ncnn2CC(C)C)cc1. The van der Waals surface area contributed by atoms with Crippen LogP contribution in [0.5, 0.6) is 5.75 Å². The molecule has 0 amide bonds. The van der Waals surface area contributed by atoms with Gasteiger partial charge in [0.15, 0.2) is 5.82 Å². The Kier molecular flexibility index (Phi) is 3.97. The largest absolute Gasteiger partial charge is 0.486 e. The quantitative estimate of drug-likeness (QED) is 0.813. The van der Waals surface area contributed by atoms with Gasteiger partial charge in [0.25, 0.3) is 0 Å². The van der Waals surface area contributed by atoms with Gasteiger partial charge >= 0.3 is 0 Å². The van der Waals surface area contributed by atoms with Crippen molar-refractivity contribution < 1.29 is 4.74 Å². The second-order valence-electron chi connectivity index (χ2n) is 4.85. The van der Waals surface area contributed by atoms with Crippen LogP contribution in [0.2, 0.25) is 0 Å². The van der Waals surface area contributed by atoms with Crippen LogP contribution in [-0.2, 0) is 13.2 Å². The van der Waals surface area contributed by atoms with E-state index in [4.69, 9.17) is 4.74 Å². The first-order valence-corrected chi connectivity index (χ1v) is 6.21. The minimum absolute atomic E-state index is 0.454. The molecule has 1 aromatic heterocycles. The molecule has 18 heavy (non-hydrogen) atoms. The van der Waals surface area contributed by atoms with Gasteiger partial charge in [-0.3, -0.25) is 0 Å². The molecule has 2 aromatic rings. The fourth-order valence-electron chi connectivity index (χ4n) is 1.68. The molecule has 96 valence electrons. The minimum atomic E-state index is 0.454. The zero-order chi connectivity index (χ0) is 13.0. The van der Waals surface area contributed by atoms with Crippen molar-refractivity contribution in [1.82, 2.24) is 14.8 Å². The molecule has 1 aromatic carbocycles. The van der Waals surface area contributed by atoms with E-state index >= 15 is 0 Å². The number of nitrogens with zero attached hydrogens (tertiary/aromatic N) is 3. The van der Waals surface area contributed by atoms with Crippen molar-refractivity contribution in [3.8, 4) is 5.75 Å². The number of hydrogen-bond donors (Lipinski definition) is 0. The van der Waals surface area contributed by atoms with E-state index in [0.29, 0.717) is 12.5 Å². The number of rotatable bonds is 5. The zero-order valence-electron chi connectivity index (χ0n) is 11.1. The van der Waals surface area contributed by atoms with Crippen LogP contribution in [-0.4, -0.2) is 14.8 Å². The second kappa shape index (κ2) is 5.67. The first kappa shape index (κ1) is 12.6. The monoisotopic (exact) mass is 245 g/mol. The molecule has 0 spiro atoms. The number of aromatic nitrogens is 3. The van der Waals surface area contributed by atoms with Crippen LogP contribution in [0.4, 0.5) is 0 Å². The number of benzene rings is 1. The van der Waals surface area contributed by atoms with Gasteiger partial charge in [0.05, 0.1) is 0 Å². The van der Waals surface area contributed by atoms with Crippen molar-refractivity contribution in [3.63, 3.8) is 0 Å². The van der Waals surface area contributed by atoms with Gasteiger partial charge in [-0.25, -0.2) is 9.67 Å². The summed E-state index contributed by atoms with van der Waals surface area (Å²) in [5.74, 6) is 2.27. The molecule has 2 rings (SSSR count). The van der Waals surface area contributed by atoms with Gasteiger partial charge in [-0.2, -0.15) is 5.10 Å². The summed E-state index contributed by atoms with van der Waals surface area (Å²) >= 11 is 0. The smallest absolute Gasteiger partial charge is 0.164 e. The van der Waals surface area contributed by atoms with Crippen LogP contribution in [0.1, 0.15) is 25.2 Å². The highest BCUT2D eigenvalue weighted by Gasteiger charge is 2.06. The van der Waals surface area contributed by atoms with E-state index in [9.17, 15) is 0 Å². The molecule has 0 saturated heterocycles. The Morgan fingerprint density at radius 1 is 1.22 bits per heavy atom. The van der Waals surface area contributed by atoms with E-state index in [1.54, 1.807) is 6.33 Å². The predicted octanol–water partition coefficient (Wildman–Crippen LogP) is 2.82. The normalized spacial score (nSPS) is 10.9. The Labute approximate surface area is 108 Å². The van der Waals surface area contributed by atoms with Gasteiger partial charge in [0.1, 0.15) is 18.7 Å². The maximum Gasteiger partial charge on any atom is 0.164 e. The van der Waals surface area contributed by atoms with E-state index in [-0.39, 0.29) is 0 Å². The van der Waals surface area contributed by atoms with Crippen molar-refractivity contribution in [3.05, 3.63) is 42.0 Å². The number of hydrogen-bond acceptors (Lipinski definition) is 3. The molecule has 4 nitrogen and oxygen atoms in total. The molecule has 0 aliphatic rings. The zero-order valence-corrected chi connectivity index (χ0v) is 11.1. The first-order chi connectivity index (χ1) is 8.65. The lowest BCUT2D eigenvalue weighted by Crippen LogP contribution is -2.12. The molecule has 0 bridgehead atoms. The summed E-state index contributed by atoms with van der Waals surface area (Å²) in [4.78, 5) is 4.23. The maximum absolute atomic E-state index is 5.70. The lowest BCUT2D eigenvalue weighted by molar-refractivity contribution is 0.282. The van der Waals surface area contributed by atoms with Crippen molar-refractivity contribution >= 4 is 0 Å². The molecule has 1 heterocycles. The lowest BCUT2D eigenvalue weighted by Gasteiger charge is -2.09. The number of ether oxygens (including phenoxy) is 1. The third kappa shape index (κ3) is 3.32. The molecular weight excluding hydrogens is 226 g/mol. The Morgan fingerprint density at radius 2 is 1.94 bits per heavy atom. The fraction of sp³-hybridized carbons (Fsp3) is 0.429. The molecule has 0 aliphatic carbocycles. The summed E-state index contributed by atoms with van der Waals surface area (Å²) in [6.07, 6.45) is 1.58. The van der Waals surface area contributed by atoms with E-state index in [1.807, 2.05) is 28.9 Å². The van der Waals surface area contributed by atoms with E-state index in [2.05, 4.69) is 30.9 Å². The molecule has 0 radical (unpaired) electrons. The topological polar surface area (TPSA) is 39.9 Å². The van der Waals surface area contributed by atoms with Crippen molar-refractivity contribution in [1.29, 1.82) is 0 Å². The molecule has 0 N–H and O–H groups in total. The van der Waals surface area contributed by atoms with Crippen LogP contribution < -0.4 is 4.74 Å². The van der Waals surface area contributed by atoms with Crippen LogP contribution in [0, 0.1) is 12.8 Å². The maximum atomic E-state index is 5.70. The van der Waals surface area contributed by atoms with Crippen LogP contribution in [0.25, 0.3) is 0 Å². The van der Waals surface area contributed by atoms with Gasteiger partial charge in [0, 0.05) is 6.54 Å². The fourth-order valence-corrected chi connectivity index (χ4v) is 1.68. The third-order valence-electron chi connectivity index (χ3n) is 2.62. The average Bonchev–Trinajstić information content (AvgIpc) is 2.75. The van der Waals surface area contributed by atoms with Gasteiger partial charge in [0.2, 0.25) is 0 Å². The van der Waals surface area contributed by atoms with E-state index < -0.39 is 0 Å². The van der Waals surface area contributed by atoms with E-state index in [1.165, 1.54) is 5.56 Å². The third-order valence-corrected chi connectivity index (χ3v) is 2.62. The Morgan fingerprint density at radius 3 is 2.61 bits per heavy atom. The predicted molar refractivity (Wildman–Crippen MR) is 70.4 cm³/mol. The molecule has 4 heteroatoms. The average molecular weight is 245 g/mol. The summed E-state index contributed by atoms with van der Waals surface area (Å²) < 4.78 is 7.61. The van der Waals surface area contributed by atoms with Crippen LogP contribution in [0.3, 0.4) is 0 Å². The Balaban J connectivity index is 1.97. The highest BCUT2D eigenvalue weighted by Crippen LogP contribution is 2.13. The summed E-state index contributed by atoms with van der Waals surface area (Å²) in [6.45, 7) is 7.70. The van der Waals surface area contributed by atoms with Crippen LogP contribution in [0.15, 0.2) is 30.6 Å². The highest BCUT2D eigenvalue weighted by molar-refractivity contribution is 5.26. The van der Waals surface area contributed by atoms with Gasteiger partial charge in [-0.1, -0.05) is 31.5 Å². The van der Waals surface area contributed by atoms with Gasteiger partial charge < -0.3 is 4.74 Å². The minimum Gasteiger partial charge on any atom is -0.486 e. The second-order valence-corrected chi connectivity index (χ2v) is 4.85.